The summed E-state index contributed by atoms with van der Waals surface area (Å²) in [5.41, 5.74) is 1.15. The first kappa shape index (κ1) is 14.3. The third-order valence-corrected chi connectivity index (χ3v) is 3.23. The number of rotatable bonds is 5. The second-order valence-electron chi connectivity index (χ2n) is 4.79. The topological polar surface area (TPSA) is 78.9 Å². The number of benzene rings is 1. The average Bonchev–Trinajstić information content (AvgIpc) is 2.41. The number of carbonyl (C=O) groups is 2. The number of piperazine rings is 1. The zero-order valence-corrected chi connectivity index (χ0v) is 11.3. The van der Waals surface area contributed by atoms with E-state index in [9.17, 15) is 9.59 Å². The first-order chi connectivity index (χ1) is 9.56. The van der Waals surface area contributed by atoms with E-state index in [1.165, 1.54) is 0 Å². The minimum atomic E-state index is -0.930. The van der Waals surface area contributed by atoms with Crippen molar-refractivity contribution in [3.63, 3.8) is 0 Å². The van der Waals surface area contributed by atoms with Crippen LogP contribution in [0.3, 0.4) is 0 Å². The fraction of sp³-hybridized carbons (Fsp3) is 0.429. The Bertz CT molecular complexity index is 486. The number of aliphatic carboxylic acids is 1. The summed E-state index contributed by atoms with van der Waals surface area (Å²) in [5.74, 6) is -0.345. The summed E-state index contributed by atoms with van der Waals surface area (Å²) in [5, 5.41) is 11.7. The Kier molecular flexibility index (Phi) is 4.57. The van der Waals surface area contributed by atoms with E-state index in [4.69, 9.17) is 9.84 Å². The summed E-state index contributed by atoms with van der Waals surface area (Å²) in [6.45, 7) is 2.97. The molecule has 108 valence electrons. The molecular weight excluding hydrogens is 260 g/mol. The summed E-state index contributed by atoms with van der Waals surface area (Å²) in [6.07, 6.45) is 0. The van der Waals surface area contributed by atoms with Crippen LogP contribution in [-0.2, 0) is 9.59 Å². The highest BCUT2D eigenvalue weighted by Crippen LogP contribution is 2.12. The van der Waals surface area contributed by atoms with Gasteiger partial charge in [-0.2, -0.15) is 0 Å². The molecular formula is C14H18N2O4. The number of ether oxygens (including phenoxy) is 1. The van der Waals surface area contributed by atoms with E-state index in [1.54, 1.807) is 4.90 Å². The number of hydrogen-bond acceptors (Lipinski definition) is 4. The minimum Gasteiger partial charge on any atom is -0.492 e. The maximum Gasteiger partial charge on any atom is 0.322 e. The minimum absolute atomic E-state index is 0.0915. The predicted molar refractivity (Wildman–Crippen MR) is 72.7 cm³/mol. The van der Waals surface area contributed by atoms with Crippen LogP contribution in [0.15, 0.2) is 24.3 Å². The van der Waals surface area contributed by atoms with E-state index in [0.29, 0.717) is 13.2 Å². The van der Waals surface area contributed by atoms with Gasteiger partial charge in [0, 0.05) is 13.1 Å². The van der Waals surface area contributed by atoms with Gasteiger partial charge in [-0.1, -0.05) is 17.7 Å². The number of amides is 1. The lowest BCUT2D eigenvalue weighted by atomic mass is 10.2. The molecule has 0 aromatic heterocycles. The molecule has 1 aliphatic heterocycles. The number of aryl methyl sites for hydroxylation is 1. The molecule has 1 amide bonds. The van der Waals surface area contributed by atoms with Gasteiger partial charge in [0.15, 0.2) is 0 Å². The molecule has 0 radical (unpaired) electrons. The van der Waals surface area contributed by atoms with Gasteiger partial charge in [0.2, 0.25) is 5.91 Å². The van der Waals surface area contributed by atoms with Gasteiger partial charge < -0.3 is 15.2 Å². The van der Waals surface area contributed by atoms with E-state index in [-0.39, 0.29) is 19.0 Å². The van der Waals surface area contributed by atoms with Crippen LogP contribution in [0.5, 0.6) is 5.75 Å². The van der Waals surface area contributed by atoms with Crippen molar-refractivity contribution < 1.29 is 19.4 Å². The van der Waals surface area contributed by atoms with Crippen molar-refractivity contribution in [1.82, 2.24) is 10.2 Å². The van der Waals surface area contributed by atoms with Gasteiger partial charge in [0.1, 0.15) is 18.4 Å². The van der Waals surface area contributed by atoms with Crippen molar-refractivity contribution in [2.75, 3.05) is 26.2 Å². The van der Waals surface area contributed by atoms with E-state index in [2.05, 4.69) is 5.32 Å². The smallest absolute Gasteiger partial charge is 0.322 e. The van der Waals surface area contributed by atoms with Crippen molar-refractivity contribution in [2.45, 2.75) is 13.0 Å². The van der Waals surface area contributed by atoms with Crippen LogP contribution < -0.4 is 10.1 Å². The fourth-order valence-corrected chi connectivity index (χ4v) is 2.08. The quantitative estimate of drug-likeness (QED) is 0.807. The van der Waals surface area contributed by atoms with Gasteiger partial charge in [-0.3, -0.25) is 14.5 Å². The molecule has 1 aromatic carbocycles. The number of nitrogens with zero attached hydrogens (tertiary/aromatic N) is 1. The number of hydrogen-bond donors (Lipinski definition) is 2. The molecule has 0 bridgehead atoms. The molecule has 1 aliphatic rings. The molecule has 20 heavy (non-hydrogen) atoms. The van der Waals surface area contributed by atoms with Crippen molar-refractivity contribution in [3.8, 4) is 5.75 Å². The van der Waals surface area contributed by atoms with Crippen LogP contribution in [0.25, 0.3) is 0 Å². The van der Waals surface area contributed by atoms with Crippen LogP contribution >= 0.6 is 0 Å². The number of carboxylic acids is 1. The number of carbonyl (C=O) groups excluding carboxylic acids is 1. The molecule has 1 saturated heterocycles. The highest BCUT2D eigenvalue weighted by Gasteiger charge is 2.31. The first-order valence-electron chi connectivity index (χ1n) is 6.49. The Morgan fingerprint density at radius 1 is 1.45 bits per heavy atom. The molecule has 2 rings (SSSR count). The first-order valence-corrected chi connectivity index (χ1v) is 6.49. The highest BCUT2D eigenvalue weighted by atomic mass is 16.5. The molecule has 1 heterocycles. The number of carboxylic acid groups (broad SMARTS) is 1. The Hall–Kier alpha value is -2.08. The van der Waals surface area contributed by atoms with E-state index in [0.717, 1.165) is 11.3 Å². The van der Waals surface area contributed by atoms with Gasteiger partial charge in [-0.15, -0.1) is 0 Å². The van der Waals surface area contributed by atoms with Crippen LogP contribution in [0, 0.1) is 6.92 Å². The lowest BCUT2D eigenvalue weighted by Crippen LogP contribution is -2.58. The molecule has 1 unspecified atom stereocenters. The molecule has 0 aliphatic carbocycles. The molecule has 0 spiro atoms. The van der Waals surface area contributed by atoms with Crippen molar-refractivity contribution in [3.05, 3.63) is 29.8 Å². The molecule has 1 fully saturated rings. The van der Waals surface area contributed by atoms with Gasteiger partial charge in [0.05, 0.1) is 6.54 Å². The van der Waals surface area contributed by atoms with E-state index < -0.39 is 12.0 Å². The van der Waals surface area contributed by atoms with Gasteiger partial charge in [-0.05, 0) is 19.1 Å². The monoisotopic (exact) mass is 278 g/mol. The van der Waals surface area contributed by atoms with Gasteiger partial charge >= 0.3 is 5.97 Å². The van der Waals surface area contributed by atoms with Gasteiger partial charge in [-0.25, -0.2) is 0 Å². The number of nitrogens with one attached hydrogen (secondary N) is 1. The molecule has 1 atom stereocenters. The largest absolute Gasteiger partial charge is 0.492 e. The molecule has 0 saturated carbocycles. The normalized spacial score (nSPS) is 19.4. The van der Waals surface area contributed by atoms with Gasteiger partial charge in [0.25, 0.3) is 0 Å². The second kappa shape index (κ2) is 6.38. The molecule has 6 heteroatoms. The summed E-state index contributed by atoms with van der Waals surface area (Å²) in [6, 6.07) is 6.95. The highest BCUT2D eigenvalue weighted by molar-refractivity contribution is 5.83. The standard InChI is InChI=1S/C14H18N2O4/c1-10-2-4-11(5-3-10)20-7-6-16-9-13(17)15-8-12(16)14(18)19/h2-5,12H,6-9H2,1H3,(H,15,17)(H,18,19). The third-order valence-electron chi connectivity index (χ3n) is 3.23. The predicted octanol–water partition coefficient (Wildman–Crippen LogP) is 0.259. The van der Waals surface area contributed by atoms with Crippen LogP contribution in [-0.4, -0.2) is 54.2 Å². The van der Waals surface area contributed by atoms with Crippen molar-refractivity contribution in [2.24, 2.45) is 0 Å². The fourth-order valence-electron chi connectivity index (χ4n) is 2.08. The zero-order valence-electron chi connectivity index (χ0n) is 11.3. The van der Waals surface area contributed by atoms with E-state index in [1.807, 2.05) is 31.2 Å². The summed E-state index contributed by atoms with van der Waals surface area (Å²) >= 11 is 0. The molecule has 6 nitrogen and oxygen atoms in total. The molecule has 1 aromatic rings. The molecule has 2 N–H and O–H groups in total. The van der Waals surface area contributed by atoms with Crippen LogP contribution in [0.2, 0.25) is 0 Å². The van der Waals surface area contributed by atoms with Crippen LogP contribution in [0.4, 0.5) is 0 Å². The third kappa shape index (κ3) is 3.71. The SMILES string of the molecule is Cc1ccc(OCCN2CC(=O)NCC2C(=O)O)cc1. The van der Waals surface area contributed by atoms with Crippen molar-refractivity contribution in [1.29, 1.82) is 0 Å². The summed E-state index contributed by atoms with van der Waals surface area (Å²) in [4.78, 5) is 24.1. The summed E-state index contributed by atoms with van der Waals surface area (Å²) < 4.78 is 5.56. The van der Waals surface area contributed by atoms with Crippen LogP contribution in [0.1, 0.15) is 5.56 Å². The second-order valence-corrected chi connectivity index (χ2v) is 4.79. The lowest BCUT2D eigenvalue weighted by Gasteiger charge is -2.32. The maximum absolute atomic E-state index is 11.3. The Morgan fingerprint density at radius 3 is 2.80 bits per heavy atom. The Morgan fingerprint density at radius 2 is 2.15 bits per heavy atom. The Balaban J connectivity index is 1.86. The Labute approximate surface area is 117 Å². The average molecular weight is 278 g/mol. The summed E-state index contributed by atoms with van der Waals surface area (Å²) in [7, 11) is 0. The van der Waals surface area contributed by atoms with E-state index >= 15 is 0 Å². The zero-order chi connectivity index (χ0) is 14.5. The lowest BCUT2D eigenvalue weighted by molar-refractivity contribution is -0.146. The maximum atomic E-state index is 11.3. The van der Waals surface area contributed by atoms with Crippen molar-refractivity contribution >= 4 is 11.9 Å².